The molecule has 0 aromatic heterocycles. The fourth-order valence-corrected chi connectivity index (χ4v) is 2.24. The number of hydrogen-bond donors (Lipinski definition) is 0. The van der Waals surface area contributed by atoms with Crippen LogP contribution >= 0.6 is 34.2 Å². The smallest absolute Gasteiger partial charge is 0.404 e. The van der Waals surface area contributed by atoms with Gasteiger partial charge in [-0.3, -0.25) is 4.79 Å². The molecule has 0 unspecified atom stereocenters. The maximum absolute atomic E-state index is 12.0. The first-order valence-electron chi connectivity index (χ1n) is 3.96. The van der Waals surface area contributed by atoms with Gasteiger partial charge >= 0.3 is 6.36 Å². The molecule has 0 atom stereocenters. The van der Waals surface area contributed by atoms with Crippen LogP contribution < -0.4 is 4.74 Å². The highest BCUT2D eigenvalue weighted by atomic mass is 127. The van der Waals surface area contributed by atoms with Gasteiger partial charge in [-0.15, -0.1) is 13.2 Å². The van der Waals surface area contributed by atoms with Crippen LogP contribution in [0.25, 0.3) is 0 Å². The van der Waals surface area contributed by atoms with E-state index in [1.165, 1.54) is 13.0 Å². The minimum atomic E-state index is -4.83. The van der Waals surface area contributed by atoms with Crippen molar-refractivity contribution in [3.8, 4) is 5.75 Å². The molecule has 0 bridgehead atoms. The first-order valence-corrected chi connectivity index (χ1v) is 5.42. The molecule has 0 radical (unpaired) electrons. The van der Waals surface area contributed by atoms with Crippen molar-refractivity contribution < 1.29 is 22.7 Å². The maximum Gasteiger partial charge on any atom is 0.573 e. The molecule has 2 nitrogen and oxygen atoms in total. The van der Waals surface area contributed by atoms with Gasteiger partial charge in [0.25, 0.3) is 0 Å². The average Bonchev–Trinajstić information content (AvgIpc) is 2.07. The SMILES string of the molecule is CC(=O)c1cc(OC(F)(F)F)c(Cl)cc1I. The lowest BCUT2D eigenvalue weighted by Gasteiger charge is -2.12. The summed E-state index contributed by atoms with van der Waals surface area (Å²) in [5.41, 5.74) is 0.143. The van der Waals surface area contributed by atoms with Gasteiger partial charge in [0.05, 0.1) is 5.02 Å². The molecule has 0 fully saturated rings. The van der Waals surface area contributed by atoms with Gasteiger partial charge in [-0.05, 0) is 41.6 Å². The van der Waals surface area contributed by atoms with E-state index in [0.717, 1.165) is 6.07 Å². The van der Waals surface area contributed by atoms with Gasteiger partial charge in [-0.2, -0.15) is 0 Å². The van der Waals surface area contributed by atoms with Crippen LogP contribution in [-0.4, -0.2) is 12.1 Å². The van der Waals surface area contributed by atoms with Crippen LogP contribution in [0.2, 0.25) is 5.02 Å². The largest absolute Gasteiger partial charge is 0.573 e. The van der Waals surface area contributed by atoms with Gasteiger partial charge < -0.3 is 4.74 Å². The van der Waals surface area contributed by atoms with Crippen LogP contribution in [0.15, 0.2) is 12.1 Å². The number of alkyl halides is 3. The number of carbonyl (C=O) groups is 1. The summed E-state index contributed by atoms with van der Waals surface area (Å²) < 4.78 is 40.1. The topological polar surface area (TPSA) is 26.3 Å². The molecule has 0 amide bonds. The highest BCUT2D eigenvalue weighted by Gasteiger charge is 2.32. The fraction of sp³-hybridized carbons (Fsp3) is 0.222. The molecule has 0 saturated heterocycles. The quantitative estimate of drug-likeness (QED) is 0.585. The van der Waals surface area contributed by atoms with Gasteiger partial charge in [0, 0.05) is 9.13 Å². The second kappa shape index (κ2) is 4.79. The van der Waals surface area contributed by atoms with Crippen molar-refractivity contribution in [1.82, 2.24) is 0 Å². The van der Waals surface area contributed by atoms with Gasteiger partial charge in [0.1, 0.15) is 5.75 Å². The van der Waals surface area contributed by atoms with Crippen LogP contribution in [-0.2, 0) is 0 Å². The van der Waals surface area contributed by atoms with E-state index < -0.39 is 12.1 Å². The molecule has 16 heavy (non-hydrogen) atoms. The molecule has 0 aliphatic carbocycles. The highest BCUT2D eigenvalue weighted by Crippen LogP contribution is 2.33. The number of ether oxygens (including phenoxy) is 1. The van der Waals surface area contributed by atoms with Crippen molar-refractivity contribution >= 4 is 40.0 Å². The van der Waals surface area contributed by atoms with Crippen molar-refractivity contribution in [2.45, 2.75) is 13.3 Å². The Hall–Kier alpha value is -0.500. The van der Waals surface area contributed by atoms with Crippen LogP contribution in [0.4, 0.5) is 13.2 Å². The maximum atomic E-state index is 12.0. The summed E-state index contributed by atoms with van der Waals surface area (Å²) in [5, 5.41) is -0.188. The first-order chi connectivity index (χ1) is 7.20. The summed E-state index contributed by atoms with van der Waals surface area (Å²) in [5.74, 6) is -0.923. The molecule has 0 aliphatic heterocycles. The lowest BCUT2D eigenvalue weighted by Crippen LogP contribution is -2.17. The molecule has 1 aromatic rings. The zero-order valence-corrected chi connectivity index (χ0v) is 10.8. The molecular weight excluding hydrogens is 359 g/mol. The molecule has 0 heterocycles. The van der Waals surface area contributed by atoms with E-state index >= 15 is 0 Å². The van der Waals surface area contributed by atoms with Crippen LogP contribution in [0.1, 0.15) is 17.3 Å². The number of rotatable bonds is 2. The Morgan fingerprint density at radius 1 is 1.44 bits per heavy atom. The molecule has 0 saturated carbocycles. The third kappa shape index (κ3) is 3.51. The zero-order valence-electron chi connectivity index (χ0n) is 7.86. The van der Waals surface area contributed by atoms with Gasteiger partial charge in [-0.1, -0.05) is 11.6 Å². The molecule has 0 spiro atoms. The number of benzene rings is 1. The summed E-state index contributed by atoms with van der Waals surface area (Å²) in [6.07, 6.45) is -4.83. The molecule has 0 aliphatic rings. The fourth-order valence-electron chi connectivity index (χ4n) is 1.00. The van der Waals surface area contributed by atoms with E-state index in [0.29, 0.717) is 3.57 Å². The second-order valence-electron chi connectivity index (χ2n) is 2.87. The Bertz CT molecular complexity index is 431. The van der Waals surface area contributed by atoms with Crippen molar-refractivity contribution in [3.05, 3.63) is 26.3 Å². The molecule has 1 rings (SSSR count). The molecular formula is C9H5ClF3IO2. The average molecular weight is 364 g/mol. The minimum absolute atomic E-state index is 0.143. The van der Waals surface area contributed by atoms with Crippen LogP contribution in [0, 0.1) is 3.57 Å². The summed E-state index contributed by atoms with van der Waals surface area (Å²) in [7, 11) is 0. The molecule has 88 valence electrons. The minimum Gasteiger partial charge on any atom is -0.404 e. The van der Waals surface area contributed by atoms with Crippen molar-refractivity contribution in [3.63, 3.8) is 0 Å². The Labute approximate surface area is 108 Å². The lowest BCUT2D eigenvalue weighted by atomic mass is 10.1. The zero-order chi connectivity index (χ0) is 12.5. The number of hydrogen-bond acceptors (Lipinski definition) is 2. The predicted octanol–water partition coefficient (Wildman–Crippen LogP) is 4.05. The van der Waals surface area contributed by atoms with E-state index in [9.17, 15) is 18.0 Å². The van der Waals surface area contributed by atoms with Crippen molar-refractivity contribution in [2.75, 3.05) is 0 Å². The van der Waals surface area contributed by atoms with E-state index in [1.54, 1.807) is 0 Å². The Kier molecular flexibility index (Phi) is 4.06. The Morgan fingerprint density at radius 2 is 2.00 bits per heavy atom. The monoisotopic (exact) mass is 364 g/mol. The number of carbonyl (C=O) groups excluding carboxylic acids is 1. The molecule has 1 aromatic carbocycles. The van der Waals surface area contributed by atoms with Gasteiger partial charge in [0.15, 0.2) is 5.78 Å². The second-order valence-corrected chi connectivity index (χ2v) is 4.44. The summed E-state index contributed by atoms with van der Waals surface area (Å²) in [4.78, 5) is 11.1. The third-order valence-corrected chi connectivity index (χ3v) is 2.81. The predicted molar refractivity (Wildman–Crippen MR) is 60.9 cm³/mol. The van der Waals surface area contributed by atoms with Crippen LogP contribution in [0.3, 0.4) is 0 Å². The lowest BCUT2D eigenvalue weighted by molar-refractivity contribution is -0.274. The van der Waals surface area contributed by atoms with Gasteiger partial charge in [0.2, 0.25) is 0 Å². The molecule has 0 N–H and O–H groups in total. The Morgan fingerprint density at radius 3 is 2.44 bits per heavy atom. The number of ketones is 1. The van der Waals surface area contributed by atoms with E-state index in [2.05, 4.69) is 4.74 Å². The van der Waals surface area contributed by atoms with E-state index in [4.69, 9.17) is 11.6 Å². The van der Waals surface area contributed by atoms with Crippen molar-refractivity contribution in [2.24, 2.45) is 0 Å². The number of halogens is 5. The summed E-state index contributed by atoms with van der Waals surface area (Å²) >= 11 is 7.38. The third-order valence-electron chi connectivity index (χ3n) is 1.63. The summed E-state index contributed by atoms with van der Waals surface area (Å²) in [6, 6.07) is 2.24. The standard InChI is InChI=1S/C9H5ClF3IO2/c1-4(15)5-2-8(16-9(11,12)13)6(10)3-7(5)14/h2-3H,1H3. The van der Waals surface area contributed by atoms with Crippen LogP contribution in [0.5, 0.6) is 5.75 Å². The molecule has 7 heteroatoms. The van der Waals surface area contributed by atoms with Crippen molar-refractivity contribution in [1.29, 1.82) is 0 Å². The normalized spacial score (nSPS) is 11.4. The first kappa shape index (κ1) is 13.6. The van der Waals surface area contributed by atoms with Gasteiger partial charge in [-0.25, -0.2) is 0 Å². The summed E-state index contributed by atoms with van der Waals surface area (Å²) in [6.45, 7) is 1.25. The Balaban J connectivity index is 3.20. The van der Waals surface area contributed by atoms with E-state index in [1.807, 2.05) is 22.6 Å². The van der Waals surface area contributed by atoms with E-state index in [-0.39, 0.29) is 16.4 Å². The number of Topliss-reactive ketones (excluding diaryl/α,β-unsaturated/α-hetero) is 1. The highest BCUT2D eigenvalue weighted by molar-refractivity contribution is 14.1.